The Hall–Kier alpha value is -1.96. The fourth-order valence-corrected chi connectivity index (χ4v) is 2.17. The molecule has 0 aromatic heterocycles. The van der Waals surface area contributed by atoms with Gasteiger partial charge in [0.15, 0.2) is 0 Å². The fourth-order valence-electron chi connectivity index (χ4n) is 2.17. The lowest BCUT2D eigenvalue weighted by molar-refractivity contribution is 0.283. The predicted molar refractivity (Wildman–Crippen MR) is 69.5 cm³/mol. The molecule has 0 unspecified atom stereocenters. The fraction of sp³-hybridized carbons (Fsp3) is 0.200. The molecule has 2 heteroatoms. The number of anilines is 1. The van der Waals surface area contributed by atoms with Crippen LogP contribution in [0.4, 0.5) is 5.69 Å². The first kappa shape index (κ1) is 10.2. The third kappa shape index (κ3) is 2.26. The maximum Gasteiger partial charge on any atom is 0.142 e. The lowest BCUT2D eigenvalue weighted by Gasteiger charge is -2.27. The molecule has 17 heavy (non-hydrogen) atoms. The van der Waals surface area contributed by atoms with Crippen molar-refractivity contribution in [1.82, 2.24) is 0 Å². The van der Waals surface area contributed by atoms with E-state index in [0.717, 1.165) is 24.5 Å². The van der Waals surface area contributed by atoms with Crippen LogP contribution in [0.15, 0.2) is 54.6 Å². The molecule has 1 heterocycles. The molecular weight excluding hydrogens is 210 g/mol. The van der Waals surface area contributed by atoms with Crippen molar-refractivity contribution in [2.45, 2.75) is 12.5 Å². The van der Waals surface area contributed by atoms with Gasteiger partial charge in [-0.3, -0.25) is 0 Å². The Bertz CT molecular complexity index is 495. The average Bonchev–Trinajstić information content (AvgIpc) is 2.40. The average molecular weight is 225 g/mol. The van der Waals surface area contributed by atoms with E-state index < -0.39 is 0 Å². The number of benzene rings is 2. The first-order valence-corrected chi connectivity index (χ1v) is 5.94. The molecule has 0 spiro atoms. The smallest absolute Gasteiger partial charge is 0.142 e. The van der Waals surface area contributed by atoms with Crippen LogP contribution < -0.4 is 10.1 Å². The van der Waals surface area contributed by atoms with E-state index in [4.69, 9.17) is 4.74 Å². The molecule has 2 nitrogen and oxygen atoms in total. The van der Waals surface area contributed by atoms with Gasteiger partial charge in [-0.05, 0) is 24.1 Å². The third-order valence-electron chi connectivity index (χ3n) is 3.01. The second-order valence-electron chi connectivity index (χ2n) is 4.34. The number of ether oxygens (including phenoxy) is 1. The van der Waals surface area contributed by atoms with Gasteiger partial charge in [-0.2, -0.15) is 0 Å². The van der Waals surface area contributed by atoms with E-state index in [1.54, 1.807) is 0 Å². The zero-order valence-corrected chi connectivity index (χ0v) is 9.60. The van der Waals surface area contributed by atoms with Crippen LogP contribution in [-0.4, -0.2) is 12.6 Å². The van der Waals surface area contributed by atoms with Gasteiger partial charge in [-0.25, -0.2) is 0 Å². The van der Waals surface area contributed by atoms with Gasteiger partial charge in [-0.15, -0.1) is 0 Å². The molecule has 1 atom stereocenters. The van der Waals surface area contributed by atoms with Gasteiger partial charge in [0.2, 0.25) is 0 Å². The predicted octanol–water partition coefficient (Wildman–Crippen LogP) is 3.10. The lowest BCUT2D eigenvalue weighted by Crippen LogP contribution is -2.33. The number of para-hydroxylation sites is 2. The Kier molecular flexibility index (Phi) is 2.70. The maximum absolute atomic E-state index is 5.75. The van der Waals surface area contributed by atoms with Crippen molar-refractivity contribution in [1.29, 1.82) is 0 Å². The molecule has 0 saturated carbocycles. The largest absolute Gasteiger partial charge is 0.489 e. The van der Waals surface area contributed by atoms with Crippen molar-refractivity contribution in [2.24, 2.45) is 0 Å². The Labute approximate surface area is 101 Å². The Morgan fingerprint density at radius 3 is 2.65 bits per heavy atom. The molecule has 0 saturated heterocycles. The van der Waals surface area contributed by atoms with E-state index in [0.29, 0.717) is 6.04 Å². The molecule has 2 aromatic carbocycles. The Morgan fingerprint density at radius 2 is 1.76 bits per heavy atom. The minimum absolute atomic E-state index is 0.354. The highest BCUT2D eigenvalue weighted by Crippen LogP contribution is 2.28. The minimum Gasteiger partial charge on any atom is -0.489 e. The zero-order valence-electron chi connectivity index (χ0n) is 9.60. The molecule has 3 rings (SSSR count). The summed E-state index contributed by atoms with van der Waals surface area (Å²) < 4.78 is 5.75. The van der Waals surface area contributed by atoms with E-state index in [1.807, 2.05) is 24.3 Å². The van der Waals surface area contributed by atoms with Crippen molar-refractivity contribution in [3.05, 3.63) is 60.2 Å². The van der Waals surface area contributed by atoms with Crippen LogP contribution in [0.5, 0.6) is 5.75 Å². The summed E-state index contributed by atoms with van der Waals surface area (Å²) in [6, 6.07) is 19.0. The van der Waals surface area contributed by atoms with E-state index >= 15 is 0 Å². The molecule has 1 N–H and O–H groups in total. The molecule has 2 aromatic rings. The standard InChI is InChI=1S/C15H15NO/c1-2-6-12(7-3-1)10-13-11-17-15-9-5-4-8-14(15)16-13/h1-9,13,16H,10-11H2/t13-/m0/s1. The van der Waals surface area contributed by atoms with Crippen molar-refractivity contribution in [2.75, 3.05) is 11.9 Å². The maximum atomic E-state index is 5.75. The van der Waals surface area contributed by atoms with E-state index in [2.05, 4.69) is 35.6 Å². The second kappa shape index (κ2) is 4.50. The van der Waals surface area contributed by atoms with Crippen LogP contribution in [0.1, 0.15) is 5.56 Å². The van der Waals surface area contributed by atoms with Crippen molar-refractivity contribution in [3.63, 3.8) is 0 Å². The van der Waals surface area contributed by atoms with Crippen LogP contribution >= 0.6 is 0 Å². The summed E-state index contributed by atoms with van der Waals surface area (Å²) in [5, 5.41) is 3.52. The van der Waals surface area contributed by atoms with Crippen LogP contribution in [0, 0.1) is 0 Å². The van der Waals surface area contributed by atoms with Gasteiger partial charge in [0, 0.05) is 0 Å². The first-order valence-electron chi connectivity index (χ1n) is 5.94. The van der Waals surface area contributed by atoms with Crippen molar-refractivity contribution < 1.29 is 4.74 Å². The molecular formula is C15H15NO. The van der Waals surface area contributed by atoms with Crippen molar-refractivity contribution >= 4 is 5.69 Å². The van der Waals surface area contributed by atoms with E-state index in [1.165, 1.54) is 5.56 Å². The van der Waals surface area contributed by atoms with Gasteiger partial charge >= 0.3 is 0 Å². The highest BCUT2D eigenvalue weighted by molar-refractivity contribution is 5.58. The minimum atomic E-state index is 0.354. The topological polar surface area (TPSA) is 21.3 Å². The number of nitrogens with one attached hydrogen (secondary N) is 1. The van der Waals surface area contributed by atoms with Gasteiger partial charge < -0.3 is 10.1 Å². The summed E-state index contributed by atoms with van der Waals surface area (Å²) in [5.41, 5.74) is 2.44. The quantitative estimate of drug-likeness (QED) is 0.848. The number of hydrogen-bond acceptors (Lipinski definition) is 2. The lowest BCUT2D eigenvalue weighted by atomic mass is 10.1. The van der Waals surface area contributed by atoms with Crippen LogP contribution in [0.25, 0.3) is 0 Å². The zero-order chi connectivity index (χ0) is 11.5. The summed E-state index contributed by atoms with van der Waals surface area (Å²) in [4.78, 5) is 0. The summed E-state index contributed by atoms with van der Waals surface area (Å²) in [7, 11) is 0. The molecule has 0 fully saturated rings. The summed E-state index contributed by atoms with van der Waals surface area (Å²) in [6.45, 7) is 0.728. The monoisotopic (exact) mass is 225 g/mol. The second-order valence-corrected chi connectivity index (χ2v) is 4.34. The van der Waals surface area contributed by atoms with E-state index in [-0.39, 0.29) is 0 Å². The Morgan fingerprint density at radius 1 is 1.00 bits per heavy atom. The van der Waals surface area contributed by atoms with Gasteiger partial charge in [-0.1, -0.05) is 42.5 Å². The van der Waals surface area contributed by atoms with E-state index in [9.17, 15) is 0 Å². The van der Waals surface area contributed by atoms with Crippen LogP contribution in [0.2, 0.25) is 0 Å². The molecule has 86 valence electrons. The highest BCUT2D eigenvalue weighted by Gasteiger charge is 2.18. The molecule has 0 amide bonds. The third-order valence-corrected chi connectivity index (χ3v) is 3.01. The molecule has 0 aliphatic carbocycles. The number of fused-ring (bicyclic) bond motifs is 1. The van der Waals surface area contributed by atoms with Crippen LogP contribution in [0.3, 0.4) is 0 Å². The van der Waals surface area contributed by atoms with Crippen molar-refractivity contribution in [3.8, 4) is 5.75 Å². The first-order chi connectivity index (χ1) is 8.42. The Balaban J connectivity index is 1.72. The summed E-state index contributed by atoms with van der Waals surface area (Å²) >= 11 is 0. The SMILES string of the molecule is c1ccc(C[C@H]2COc3ccccc3N2)cc1. The highest BCUT2D eigenvalue weighted by atomic mass is 16.5. The molecule has 1 aliphatic rings. The normalized spacial score (nSPS) is 17.8. The molecule has 1 aliphatic heterocycles. The number of rotatable bonds is 2. The number of hydrogen-bond donors (Lipinski definition) is 1. The summed E-state index contributed by atoms with van der Waals surface area (Å²) in [6.07, 6.45) is 0.995. The van der Waals surface area contributed by atoms with Crippen LogP contribution in [-0.2, 0) is 6.42 Å². The molecule has 0 bridgehead atoms. The summed E-state index contributed by atoms with van der Waals surface area (Å²) in [5.74, 6) is 0.955. The molecule has 0 radical (unpaired) electrons. The van der Waals surface area contributed by atoms with Gasteiger partial charge in [0.1, 0.15) is 12.4 Å². The van der Waals surface area contributed by atoms with Gasteiger partial charge in [0.05, 0.1) is 11.7 Å². The van der Waals surface area contributed by atoms with Gasteiger partial charge in [0.25, 0.3) is 0 Å².